The van der Waals surface area contributed by atoms with E-state index >= 15 is 0 Å². The van der Waals surface area contributed by atoms with Crippen molar-refractivity contribution in [1.82, 2.24) is 14.9 Å². The molecule has 0 saturated heterocycles. The fourth-order valence-corrected chi connectivity index (χ4v) is 4.19. The monoisotopic (exact) mass is 379 g/mol. The fraction of sp³-hybridized carbons (Fsp3) is 0.250. The van der Waals surface area contributed by atoms with Crippen molar-refractivity contribution in [1.29, 1.82) is 0 Å². The molecule has 4 rings (SSSR count). The molecule has 1 aromatic heterocycles. The number of aromatic nitrogens is 3. The molecule has 2 N–H and O–H groups in total. The van der Waals surface area contributed by atoms with E-state index in [-0.39, 0.29) is 17.2 Å². The summed E-state index contributed by atoms with van der Waals surface area (Å²) in [6.45, 7) is 4.10. The maximum atomic E-state index is 13.1. The van der Waals surface area contributed by atoms with Crippen LogP contribution in [0.25, 0.3) is 0 Å². The van der Waals surface area contributed by atoms with Gasteiger partial charge in [-0.05, 0) is 24.6 Å². The van der Waals surface area contributed by atoms with Gasteiger partial charge in [0.15, 0.2) is 5.82 Å². The van der Waals surface area contributed by atoms with Crippen LogP contribution in [0.4, 0.5) is 5.69 Å². The molecule has 0 aliphatic carbocycles. The molecule has 0 unspecified atom stereocenters. The second-order valence-corrected chi connectivity index (χ2v) is 7.61. The number of para-hydroxylation sites is 1. The van der Waals surface area contributed by atoms with Gasteiger partial charge in [-0.25, -0.2) is 4.68 Å². The number of carbonyl (C=O) groups excluding carboxylic acids is 1. The summed E-state index contributed by atoms with van der Waals surface area (Å²) in [6, 6.07) is 17.6. The van der Waals surface area contributed by atoms with Gasteiger partial charge >= 0.3 is 0 Å². The van der Waals surface area contributed by atoms with Crippen LogP contribution in [0.3, 0.4) is 0 Å². The first-order chi connectivity index (χ1) is 13.2. The third kappa shape index (κ3) is 3.55. The number of rotatable bonds is 4. The number of nitrogens with zero attached hydrogens (tertiary/aromatic N) is 3. The maximum Gasteiger partial charge on any atom is 0.240 e. The number of hydrogen-bond acceptors (Lipinski definition) is 5. The molecule has 0 saturated carbocycles. The van der Waals surface area contributed by atoms with E-state index in [1.807, 2.05) is 41.9 Å². The molecule has 27 heavy (non-hydrogen) atoms. The number of nitrogens with one attached hydrogen (secondary N) is 2. The van der Waals surface area contributed by atoms with Crippen LogP contribution in [-0.2, 0) is 11.2 Å². The quantitative estimate of drug-likeness (QED) is 0.725. The van der Waals surface area contributed by atoms with Crippen molar-refractivity contribution in [3.63, 3.8) is 0 Å². The molecule has 2 heterocycles. The summed E-state index contributed by atoms with van der Waals surface area (Å²) in [5.74, 6) is 0.799. The molecule has 0 radical (unpaired) electrons. The Bertz CT molecular complexity index is 939. The molecule has 1 amide bonds. The molecule has 138 valence electrons. The molecule has 0 spiro atoms. The average molecular weight is 379 g/mol. The van der Waals surface area contributed by atoms with Crippen molar-refractivity contribution in [2.24, 2.45) is 0 Å². The zero-order valence-electron chi connectivity index (χ0n) is 15.2. The van der Waals surface area contributed by atoms with E-state index in [0.717, 1.165) is 23.5 Å². The molecule has 1 aliphatic rings. The predicted octanol–water partition coefficient (Wildman–Crippen LogP) is 3.55. The van der Waals surface area contributed by atoms with Crippen molar-refractivity contribution in [3.8, 4) is 0 Å². The first kappa shape index (κ1) is 17.6. The minimum atomic E-state index is -0.366. The van der Waals surface area contributed by atoms with Gasteiger partial charge in [-0.15, -0.1) is 10.2 Å². The highest BCUT2D eigenvalue weighted by Gasteiger charge is 2.37. The van der Waals surface area contributed by atoms with Gasteiger partial charge in [0.1, 0.15) is 5.25 Å². The lowest BCUT2D eigenvalue weighted by Gasteiger charge is -2.33. The van der Waals surface area contributed by atoms with Gasteiger partial charge in [-0.3, -0.25) is 4.79 Å². The highest BCUT2D eigenvalue weighted by molar-refractivity contribution is 8.00. The van der Waals surface area contributed by atoms with Gasteiger partial charge in [-0.1, -0.05) is 66.7 Å². The summed E-state index contributed by atoms with van der Waals surface area (Å²) in [4.78, 5) is 13.1. The van der Waals surface area contributed by atoms with Crippen LogP contribution in [0, 0.1) is 6.92 Å². The average Bonchev–Trinajstić information content (AvgIpc) is 3.10. The Hall–Kier alpha value is -2.80. The second-order valence-electron chi connectivity index (χ2n) is 6.50. The van der Waals surface area contributed by atoms with Crippen LogP contribution < -0.4 is 10.7 Å². The zero-order valence-corrected chi connectivity index (χ0v) is 16.0. The number of fused-ring (bicyclic) bond motifs is 1. The molecule has 2 atom stereocenters. The van der Waals surface area contributed by atoms with Gasteiger partial charge in [-0.2, -0.15) is 0 Å². The van der Waals surface area contributed by atoms with E-state index < -0.39 is 0 Å². The Kier molecular flexibility index (Phi) is 4.85. The fourth-order valence-electron chi connectivity index (χ4n) is 3.09. The smallest absolute Gasteiger partial charge is 0.240 e. The number of thioether (sulfide) groups is 1. The van der Waals surface area contributed by atoms with Crippen LogP contribution in [0.15, 0.2) is 59.8 Å². The molecular weight excluding hydrogens is 358 g/mol. The number of carbonyl (C=O) groups is 1. The number of aryl methyl sites for hydroxylation is 2. The van der Waals surface area contributed by atoms with Crippen molar-refractivity contribution < 1.29 is 4.79 Å². The molecule has 6 nitrogen and oxygen atoms in total. The van der Waals surface area contributed by atoms with Gasteiger partial charge in [0.2, 0.25) is 11.1 Å². The van der Waals surface area contributed by atoms with Crippen LogP contribution >= 0.6 is 11.8 Å². The molecule has 0 fully saturated rings. The standard InChI is InChI=1S/C20H21N5OS/c1-3-16-22-23-20-25(16)24-17(14-11-9-13(2)10-12-14)18(27-20)19(26)21-15-7-5-4-6-8-15/h4-12,17-18,24H,3H2,1-2H3,(H,21,26)/t17-,18+/m1/s1. The summed E-state index contributed by atoms with van der Waals surface area (Å²) < 4.78 is 1.90. The third-order valence-corrected chi connectivity index (χ3v) is 5.77. The first-order valence-corrected chi connectivity index (χ1v) is 9.83. The number of amides is 1. The summed E-state index contributed by atoms with van der Waals surface area (Å²) in [6.07, 6.45) is 0.766. The minimum Gasteiger partial charge on any atom is -0.325 e. The topological polar surface area (TPSA) is 71.8 Å². The van der Waals surface area contributed by atoms with Crippen molar-refractivity contribution in [3.05, 3.63) is 71.5 Å². The normalized spacial score (nSPS) is 18.4. The van der Waals surface area contributed by atoms with Crippen LogP contribution in [0.5, 0.6) is 0 Å². The van der Waals surface area contributed by atoms with E-state index in [0.29, 0.717) is 5.16 Å². The van der Waals surface area contributed by atoms with Crippen molar-refractivity contribution in [2.45, 2.75) is 36.7 Å². The van der Waals surface area contributed by atoms with Gasteiger partial charge in [0, 0.05) is 12.1 Å². The third-order valence-electron chi connectivity index (χ3n) is 4.56. The SMILES string of the molecule is CCc1nnc2n1N[C@H](c1ccc(C)cc1)[C@@H](C(=O)Nc1ccccc1)S2. The minimum absolute atomic E-state index is 0.0587. The molecular formula is C20H21N5OS. The largest absolute Gasteiger partial charge is 0.325 e. The van der Waals surface area contributed by atoms with E-state index in [4.69, 9.17) is 0 Å². The van der Waals surface area contributed by atoms with Crippen LogP contribution in [0.2, 0.25) is 0 Å². The van der Waals surface area contributed by atoms with E-state index in [1.165, 1.54) is 17.3 Å². The Morgan fingerprint density at radius 1 is 1.15 bits per heavy atom. The molecule has 3 aromatic rings. The number of anilines is 1. The molecule has 0 bridgehead atoms. The van der Waals surface area contributed by atoms with E-state index in [2.05, 4.69) is 52.1 Å². The Balaban J connectivity index is 1.67. The molecule has 2 aromatic carbocycles. The number of hydrogen-bond donors (Lipinski definition) is 2. The second kappa shape index (κ2) is 7.44. The van der Waals surface area contributed by atoms with Crippen LogP contribution in [0.1, 0.15) is 29.9 Å². The van der Waals surface area contributed by atoms with Gasteiger partial charge in [0.25, 0.3) is 0 Å². The van der Waals surface area contributed by atoms with Gasteiger partial charge < -0.3 is 10.7 Å². The summed E-state index contributed by atoms with van der Waals surface area (Å²) in [7, 11) is 0. The lowest BCUT2D eigenvalue weighted by molar-refractivity contribution is -0.116. The lowest BCUT2D eigenvalue weighted by Crippen LogP contribution is -2.41. The van der Waals surface area contributed by atoms with Crippen molar-refractivity contribution >= 4 is 23.4 Å². The van der Waals surface area contributed by atoms with E-state index in [1.54, 1.807) is 0 Å². The van der Waals surface area contributed by atoms with Gasteiger partial charge in [0.05, 0.1) is 6.04 Å². The predicted molar refractivity (Wildman–Crippen MR) is 107 cm³/mol. The lowest BCUT2D eigenvalue weighted by atomic mass is 10.0. The molecule has 7 heteroatoms. The van der Waals surface area contributed by atoms with Crippen molar-refractivity contribution in [2.75, 3.05) is 10.7 Å². The first-order valence-electron chi connectivity index (χ1n) is 8.95. The number of benzene rings is 2. The Labute approximate surface area is 162 Å². The highest BCUT2D eigenvalue weighted by Crippen LogP contribution is 2.37. The van der Waals surface area contributed by atoms with E-state index in [9.17, 15) is 4.79 Å². The zero-order chi connectivity index (χ0) is 18.8. The summed E-state index contributed by atoms with van der Waals surface area (Å²) in [5.41, 5.74) is 6.49. The van der Waals surface area contributed by atoms with Crippen LogP contribution in [-0.4, -0.2) is 26.0 Å². The summed E-state index contributed by atoms with van der Waals surface area (Å²) >= 11 is 1.44. The molecule has 1 aliphatic heterocycles. The maximum absolute atomic E-state index is 13.1. The highest BCUT2D eigenvalue weighted by atomic mass is 32.2. The Morgan fingerprint density at radius 2 is 1.89 bits per heavy atom. The summed E-state index contributed by atoms with van der Waals surface area (Å²) in [5, 5.41) is 11.8. The Morgan fingerprint density at radius 3 is 2.59 bits per heavy atom.